The zero-order valence-corrected chi connectivity index (χ0v) is 17.1. The smallest absolute Gasteiger partial charge is 0.404 e. The Kier molecular flexibility index (Phi) is 5.62. The van der Waals surface area contributed by atoms with Gasteiger partial charge < -0.3 is 20.5 Å². The summed E-state index contributed by atoms with van der Waals surface area (Å²) >= 11 is 0. The van der Waals surface area contributed by atoms with Gasteiger partial charge in [-0.25, -0.2) is 4.79 Å². The van der Waals surface area contributed by atoms with Gasteiger partial charge in [0, 0.05) is 17.8 Å². The number of pyridine rings is 1. The van der Waals surface area contributed by atoms with E-state index in [-0.39, 0.29) is 30.7 Å². The molecular weight excluding hydrogens is 398 g/mol. The Bertz CT molecular complexity index is 1210. The van der Waals surface area contributed by atoms with Crippen molar-refractivity contribution in [2.45, 2.75) is 25.8 Å². The van der Waals surface area contributed by atoms with Crippen LogP contribution in [0.15, 0.2) is 53.5 Å². The molecule has 160 valence electrons. The molecular formula is C23H23N3O5. The molecule has 1 aliphatic rings. The highest BCUT2D eigenvalue weighted by atomic mass is 16.5. The molecule has 0 atom stereocenters. The van der Waals surface area contributed by atoms with Crippen LogP contribution in [0.25, 0.3) is 16.5 Å². The van der Waals surface area contributed by atoms with Gasteiger partial charge in [0.05, 0.1) is 17.6 Å². The van der Waals surface area contributed by atoms with Gasteiger partial charge in [-0.2, -0.15) is 0 Å². The Balaban J connectivity index is 1.64. The van der Waals surface area contributed by atoms with Gasteiger partial charge in [-0.15, -0.1) is 0 Å². The van der Waals surface area contributed by atoms with Crippen LogP contribution in [0.1, 0.15) is 28.8 Å². The number of carbonyl (C=O) groups excluding carboxylic acids is 1. The lowest BCUT2D eigenvalue weighted by Gasteiger charge is -2.13. The number of carboxylic acid groups (broad SMARTS) is 1. The van der Waals surface area contributed by atoms with Gasteiger partial charge in [0.2, 0.25) is 0 Å². The average Bonchev–Trinajstić information content (AvgIpc) is 3.56. The van der Waals surface area contributed by atoms with Crippen molar-refractivity contribution >= 4 is 22.8 Å². The van der Waals surface area contributed by atoms with Gasteiger partial charge in [0.25, 0.3) is 11.5 Å². The van der Waals surface area contributed by atoms with Crippen molar-refractivity contribution < 1.29 is 19.4 Å². The molecule has 0 aliphatic heterocycles. The van der Waals surface area contributed by atoms with Crippen molar-refractivity contribution in [3.05, 3.63) is 70.1 Å². The monoisotopic (exact) mass is 421 g/mol. The van der Waals surface area contributed by atoms with Crippen LogP contribution in [0.2, 0.25) is 0 Å². The van der Waals surface area contributed by atoms with E-state index in [9.17, 15) is 14.4 Å². The summed E-state index contributed by atoms with van der Waals surface area (Å²) in [7, 11) is 0. The molecule has 1 fully saturated rings. The van der Waals surface area contributed by atoms with Gasteiger partial charge in [0.15, 0.2) is 0 Å². The van der Waals surface area contributed by atoms with Crippen LogP contribution in [0, 0.1) is 6.92 Å². The highest BCUT2D eigenvalue weighted by Crippen LogP contribution is 2.22. The zero-order chi connectivity index (χ0) is 22.0. The molecule has 0 radical (unpaired) electrons. The molecule has 3 N–H and O–H groups in total. The third-order valence-electron chi connectivity index (χ3n) is 5.17. The first-order chi connectivity index (χ1) is 14.9. The normalized spacial score (nSPS) is 13.1. The molecule has 8 heteroatoms. The molecule has 4 rings (SSSR count). The first kappa shape index (κ1) is 20.5. The van der Waals surface area contributed by atoms with E-state index in [1.165, 1.54) is 4.57 Å². The molecule has 31 heavy (non-hydrogen) atoms. The number of fused-ring (bicyclic) bond motifs is 1. The Labute approximate surface area is 178 Å². The molecule has 0 spiro atoms. The predicted molar refractivity (Wildman–Crippen MR) is 116 cm³/mol. The summed E-state index contributed by atoms with van der Waals surface area (Å²) in [5, 5.41) is 15.0. The molecule has 0 unspecified atom stereocenters. The zero-order valence-electron chi connectivity index (χ0n) is 17.1. The number of benzene rings is 2. The van der Waals surface area contributed by atoms with E-state index in [0.717, 1.165) is 23.8 Å². The molecule has 2 amide bonds. The third-order valence-corrected chi connectivity index (χ3v) is 5.17. The third kappa shape index (κ3) is 4.69. The minimum atomic E-state index is -1.12. The quantitative estimate of drug-likeness (QED) is 0.508. The maximum absolute atomic E-state index is 13.2. The molecule has 1 aliphatic carbocycles. The Morgan fingerprint density at radius 2 is 1.97 bits per heavy atom. The van der Waals surface area contributed by atoms with E-state index in [1.54, 1.807) is 36.5 Å². The van der Waals surface area contributed by atoms with Crippen molar-refractivity contribution in [1.82, 2.24) is 15.2 Å². The maximum atomic E-state index is 13.2. The van der Waals surface area contributed by atoms with Crippen LogP contribution in [-0.4, -0.2) is 40.9 Å². The van der Waals surface area contributed by atoms with Crippen molar-refractivity contribution in [2.75, 3.05) is 13.2 Å². The van der Waals surface area contributed by atoms with Crippen LogP contribution in [0.4, 0.5) is 4.79 Å². The van der Waals surface area contributed by atoms with E-state index in [1.807, 2.05) is 19.1 Å². The van der Waals surface area contributed by atoms with Gasteiger partial charge >= 0.3 is 6.09 Å². The van der Waals surface area contributed by atoms with Gasteiger partial charge in [-0.05, 0) is 61.0 Å². The molecule has 1 saturated carbocycles. The number of hydrogen-bond acceptors (Lipinski definition) is 4. The van der Waals surface area contributed by atoms with E-state index in [0.29, 0.717) is 22.4 Å². The Morgan fingerprint density at radius 1 is 1.16 bits per heavy atom. The fourth-order valence-corrected chi connectivity index (χ4v) is 3.33. The number of nitrogens with one attached hydrogen (secondary N) is 2. The highest BCUT2D eigenvalue weighted by molar-refractivity contribution is 5.95. The highest BCUT2D eigenvalue weighted by Gasteiger charge is 2.24. The number of carbonyl (C=O) groups is 2. The summed E-state index contributed by atoms with van der Waals surface area (Å²) in [5.41, 5.74) is 1.81. The fourth-order valence-electron chi connectivity index (χ4n) is 3.33. The summed E-state index contributed by atoms with van der Waals surface area (Å²) in [6.45, 7) is 2.18. The number of aromatic nitrogens is 1. The first-order valence-corrected chi connectivity index (χ1v) is 10.1. The second-order valence-corrected chi connectivity index (χ2v) is 7.57. The molecule has 8 nitrogen and oxygen atoms in total. The lowest BCUT2D eigenvalue weighted by atomic mass is 10.1. The van der Waals surface area contributed by atoms with Gasteiger partial charge in [-0.3, -0.25) is 14.2 Å². The van der Waals surface area contributed by atoms with Gasteiger partial charge in [-0.1, -0.05) is 12.1 Å². The molecule has 1 aromatic heterocycles. The molecule has 3 aromatic rings. The summed E-state index contributed by atoms with van der Waals surface area (Å²) in [5.74, 6) is 0.340. The molecule has 2 aromatic carbocycles. The van der Waals surface area contributed by atoms with Crippen molar-refractivity contribution in [1.29, 1.82) is 0 Å². The lowest BCUT2D eigenvalue weighted by Crippen LogP contribution is -2.26. The minimum Gasteiger partial charge on any atom is -0.492 e. The van der Waals surface area contributed by atoms with Crippen molar-refractivity contribution in [3.63, 3.8) is 0 Å². The topological polar surface area (TPSA) is 110 Å². The fraction of sp³-hybridized carbons (Fsp3) is 0.261. The lowest BCUT2D eigenvalue weighted by molar-refractivity contribution is 0.0951. The number of nitrogens with zero attached hydrogens (tertiary/aromatic N) is 1. The van der Waals surface area contributed by atoms with E-state index in [2.05, 4.69) is 10.6 Å². The number of ether oxygens (including phenoxy) is 1. The van der Waals surface area contributed by atoms with Crippen LogP contribution >= 0.6 is 0 Å². The summed E-state index contributed by atoms with van der Waals surface area (Å²) in [6, 6.07) is 12.6. The summed E-state index contributed by atoms with van der Waals surface area (Å²) < 4.78 is 7.08. The summed E-state index contributed by atoms with van der Waals surface area (Å²) in [4.78, 5) is 36.2. The van der Waals surface area contributed by atoms with Crippen LogP contribution in [0.3, 0.4) is 0 Å². The number of aryl methyl sites for hydroxylation is 1. The molecule has 1 heterocycles. The van der Waals surface area contributed by atoms with Crippen LogP contribution in [0.5, 0.6) is 5.75 Å². The van der Waals surface area contributed by atoms with E-state index in [4.69, 9.17) is 9.84 Å². The Morgan fingerprint density at radius 3 is 2.71 bits per heavy atom. The number of rotatable bonds is 7. The average molecular weight is 421 g/mol. The predicted octanol–water partition coefficient (Wildman–Crippen LogP) is 2.84. The SMILES string of the molecule is Cc1ccc(C(=O)NC2CC2)cc1-n1ccc2ccc(OCCNC(=O)O)cc2c1=O. The molecule has 0 bridgehead atoms. The van der Waals surface area contributed by atoms with E-state index < -0.39 is 6.09 Å². The molecule has 0 saturated heterocycles. The standard InChI is InChI=1S/C23H23N3O5/c1-14-2-3-16(21(27)25-17-5-6-17)12-20(14)26-10-8-15-4-7-18(13-19(15)22(26)28)31-11-9-24-23(29)30/h2-4,7-8,10,12-13,17,24H,5-6,9,11H2,1H3,(H,25,27)(H,29,30). The van der Waals surface area contributed by atoms with Crippen molar-refractivity contribution in [2.24, 2.45) is 0 Å². The van der Waals surface area contributed by atoms with E-state index >= 15 is 0 Å². The second kappa shape index (κ2) is 8.51. The largest absolute Gasteiger partial charge is 0.492 e. The van der Waals surface area contributed by atoms with Crippen LogP contribution in [-0.2, 0) is 0 Å². The van der Waals surface area contributed by atoms with Crippen molar-refractivity contribution in [3.8, 4) is 11.4 Å². The Hall–Kier alpha value is -3.81. The van der Waals surface area contributed by atoms with Gasteiger partial charge in [0.1, 0.15) is 12.4 Å². The number of hydrogen-bond donors (Lipinski definition) is 3. The second-order valence-electron chi connectivity index (χ2n) is 7.57. The summed E-state index contributed by atoms with van der Waals surface area (Å²) in [6.07, 6.45) is 2.59. The van der Waals surface area contributed by atoms with Crippen LogP contribution < -0.4 is 20.9 Å². The minimum absolute atomic E-state index is 0.136. The number of amides is 2. The maximum Gasteiger partial charge on any atom is 0.404 e. The first-order valence-electron chi connectivity index (χ1n) is 10.1.